The molecule has 1 aromatic rings. The second kappa shape index (κ2) is 8.66. The van der Waals surface area contributed by atoms with E-state index in [1.807, 2.05) is 24.8 Å². The number of anilines is 2. The van der Waals surface area contributed by atoms with Crippen LogP contribution in [0, 0.1) is 12.8 Å². The highest BCUT2D eigenvalue weighted by atomic mass is 16.2. The van der Waals surface area contributed by atoms with Gasteiger partial charge in [-0.15, -0.1) is 0 Å². The second-order valence-electron chi connectivity index (χ2n) is 7.55. The van der Waals surface area contributed by atoms with E-state index in [4.69, 9.17) is 0 Å². The molecule has 0 radical (unpaired) electrons. The van der Waals surface area contributed by atoms with E-state index in [0.717, 1.165) is 76.1 Å². The molecule has 1 amide bonds. The molecule has 7 heteroatoms. The monoisotopic (exact) mass is 360 g/mol. The molecular formula is C19H32N6O. The lowest BCUT2D eigenvalue weighted by Gasteiger charge is -2.37. The zero-order valence-corrected chi connectivity index (χ0v) is 16.4. The van der Waals surface area contributed by atoms with Gasteiger partial charge in [0.2, 0.25) is 11.9 Å². The Bertz CT molecular complexity index is 606. The lowest BCUT2D eigenvalue weighted by molar-refractivity contribution is -0.133. The lowest BCUT2D eigenvalue weighted by Crippen LogP contribution is -2.51. The highest BCUT2D eigenvalue weighted by molar-refractivity contribution is 5.78. The van der Waals surface area contributed by atoms with Crippen LogP contribution >= 0.6 is 0 Å². The molecular weight excluding hydrogens is 328 g/mol. The van der Waals surface area contributed by atoms with Crippen LogP contribution in [0.3, 0.4) is 0 Å². The Labute approximate surface area is 156 Å². The van der Waals surface area contributed by atoms with E-state index in [0.29, 0.717) is 12.5 Å². The Morgan fingerprint density at radius 3 is 2.50 bits per heavy atom. The van der Waals surface area contributed by atoms with Crippen molar-refractivity contribution in [2.45, 2.75) is 33.6 Å². The van der Waals surface area contributed by atoms with Gasteiger partial charge in [-0.05, 0) is 32.6 Å². The van der Waals surface area contributed by atoms with Crippen LogP contribution in [0.25, 0.3) is 0 Å². The minimum Gasteiger partial charge on any atom is -0.354 e. The number of carbonyl (C=O) groups is 1. The number of carbonyl (C=O) groups excluding carboxylic acids is 1. The molecule has 0 unspecified atom stereocenters. The number of rotatable bonds is 5. The number of piperazine rings is 1. The van der Waals surface area contributed by atoms with Crippen LogP contribution in [-0.2, 0) is 4.79 Å². The fourth-order valence-electron chi connectivity index (χ4n) is 3.64. The third kappa shape index (κ3) is 4.84. The molecule has 0 saturated carbocycles. The van der Waals surface area contributed by atoms with E-state index >= 15 is 0 Å². The summed E-state index contributed by atoms with van der Waals surface area (Å²) >= 11 is 0. The van der Waals surface area contributed by atoms with Crippen molar-refractivity contribution in [3.63, 3.8) is 0 Å². The van der Waals surface area contributed by atoms with E-state index in [2.05, 4.69) is 32.0 Å². The number of nitrogens with zero attached hydrogens (tertiary/aromatic N) is 5. The van der Waals surface area contributed by atoms with Gasteiger partial charge in [-0.3, -0.25) is 9.69 Å². The van der Waals surface area contributed by atoms with Gasteiger partial charge in [0.15, 0.2) is 0 Å². The Morgan fingerprint density at radius 1 is 1.15 bits per heavy atom. The van der Waals surface area contributed by atoms with Gasteiger partial charge < -0.3 is 15.1 Å². The number of amides is 1. The first-order chi connectivity index (χ1) is 12.5. The first kappa shape index (κ1) is 18.9. The molecule has 1 aromatic heterocycles. The summed E-state index contributed by atoms with van der Waals surface area (Å²) in [5.41, 5.74) is 0.975. The molecule has 1 N–H and O–H groups in total. The average Bonchev–Trinajstić information content (AvgIpc) is 2.62. The lowest BCUT2D eigenvalue weighted by atomic mass is 9.99. The van der Waals surface area contributed by atoms with E-state index in [1.54, 1.807) is 0 Å². The highest BCUT2D eigenvalue weighted by Crippen LogP contribution is 2.18. The van der Waals surface area contributed by atoms with Crippen molar-refractivity contribution < 1.29 is 4.79 Å². The van der Waals surface area contributed by atoms with Crippen molar-refractivity contribution >= 4 is 17.7 Å². The topological polar surface area (TPSA) is 64.6 Å². The van der Waals surface area contributed by atoms with Crippen molar-refractivity contribution in [2.75, 3.05) is 62.6 Å². The van der Waals surface area contributed by atoms with Gasteiger partial charge in [0.25, 0.3) is 0 Å². The molecule has 0 aliphatic carbocycles. The van der Waals surface area contributed by atoms with Gasteiger partial charge in [-0.1, -0.05) is 6.92 Å². The molecule has 2 aliphatic heterocycles. The molecule has 2 fully saturated rings. The van der Waals surface area contributed by atoms with Crippen LogP contribution in [0.15, 0.2) is 6.07 Å². The molecule has 0 spiro atoms. The van der Waals surface area contributed by atoms with Crippen LogP contribution < -0.4 is 10.2 Å². The van der Waals surface area contributed by atoms with Gasteiger partial charge in [0.05, 0.1) is 6.54 Å². The summed E-state index contributed by atoms with van der Waals surface area (Å²) in [7, 11) is 0. The number of hydrogen-bond donors (Lipinski definition) is 1. The number of aryl methyl sites for hydroxylation is 1. The van der Waals surface area contributed by atoms with Crippen LogP contribution in [0.2, 0.25) is 0 Å². The SMILES string of the molecule is CCNc1nc(C)cc(N2CCN(CC(=O)N3CCC(C)CC3)CC2)n1. The summed E-state index contributed by atoms with van der Waals surface area (Å²) in [5, 5.41) is 3.19. The molecule has 0 bridgehead atoms. The fraction of sp³-hybridized carbons (Fsp3) is 0.737. The van der Waals surface area contributed by atoms with Crippen LogP contribution in [0.1, 0.15) is 32.4 Å². The summed E-state index contributed by atoms with van der Waals surface area (Å²) in [6.45, 7) is 13.1. The fourth-order valence-corrected chi connectivity index (χ4v) is 3.64. The highest BCUT2D eigenvalue weighted by Gasteiger charge is 2.25. The number of piperidine rings is 1. The van der Waals surface area contributed by atoms with Crippen LogP contribution in [-0.4, -0.2) is 78.0 Å². The molecule has 3 heterocycles. The Morgan fingerprint density at radius 2 is 1.85 bits per heavy atom. The van der Waals surface area contributed by atoms with Crippen molar-refractivity contribution in [1.82, 2.24) is 19.8 Å². The van der Waals surface area contributed by atoms with Crippen LogP contribution in [0.5, 0.6) is 0 Å². The van der Waals surface area contributed by atoms with Crippen molar-refractivity contribution in [3.8, 4) is 0 Å². The Kier molecular flexibility index (Phi) is 6.29. The van der Waals surface area contributed by atoms with Gasteiger partial charge in [0.1, 0.15) is 5.82 Å². The standard InChI is InChI=1S/C19H32N6O/c1-4-20-19-21-16(3)13-17(22-19)24-11-9-23(10-12-24)14-18(26)25-7-5-15(2)6-8-25/h13,15H,4-12,14H2,1-3H3,(H,20,21,22). The van der Waals surface area contributed by atoms with Crippen molar-refractivity contribution in [1.29, 1.82) is 0 Å². The maximum absolute atomic E-state index is 12.5. The molecule has 2 aliphatic rings. The third-order valence-corrected chi connectivity index (χ3v) is 5.37. The summed E-state index contributed by atoms with van der Waals surface area (Å²) in [6, 6.07) is 2.04. The van der Waals surface area contributed by atoms with E-state index in [9.17, 15) is 4.79 Å². The van der Waals surface area contributed by atoms with Crippen molar-refractivity contribution in [3.05, 3.63) is 11.8 Å². The smallest absolute Gasteiger partial charge is 0.236 e. The number of hydrogen-bond acceptors (Lipinski definition) is 6. The maximum atomic E-state index is 12.5. The molecule has 144 valence electrons. The molecule has 7 nitrogen and oxygen atoms in total. The quantitative estimate of drug-likeness (QED) is 0.860. The van der Waals surface area contributed by atoms with E-state index < -0.39 is 0 Å². The predicted octanol–water partition coefficient (Wildman–Crippen LogP) is 1.60. The van der Waals surface area contributed by atoms with E-state index in [1.165, 1.54) is 0 Å². The third-order valence-electron chi connectivity index (χ3n) is 5.37. The largest absolute Gasteiger partial charge is 0.354 e. The molecule has 0 atom stereocenters. The number of nitrogens with one attached hydrogen (secondary N) is 1. The van der Waals surface area contributed by atoms with Crippen LogP contribution in [0.4, 0.5) is 11.8 Å². The summed E-state index contributed by atoms with van der Waals surface area (Å²) in [6.07, 6.45) is 2.28. The molecule has 0 aromatic carbocycles. The maximum Gasteiger partial charge on any atom is 0.236 e. The molecule has 2 saturated heterocycles. The normalized spacial score (nSPS) is 19.7. The van der Waals surface area contributed by atoms with Crippen molar-refractivity contribution in [2.24, 2.45) is 5.92 Å². The molecule has 3 rings (SSSR count). The summed E-state index contributed by atoms with van der Waals surface area (Å²) in [4.78, 5) is 28.2. The first-order valence-corrected chi connectivity index (χ1v) is 9.89. The Hall–Kier alpha value is -1.89. The van der Waals surface area contributed by atoms with E-state index in [-0.39, 0.29) is 5.91 Å². The summed E-state index contributed by atoms with van der Waals surface area (Å²) < 4.78 is 0. The zero-order chi connectivity index (χ0) is 18.5. The van der Waals surface area contributed by atoms with Gasteiger partial charge in [-0.2, -0.15) is 4.98 Å². The number of likely N-dealkylation sites (tertiary alicyclic amines) is 1. The average molecular weight is 361 g/mol. The second-order valence-corrected chi connectivity index (χ2v) is 7.55. The first-order valence-electron chi connectivity index (χ1n) is 9.89. The number of aromatic nitrogens is 2. The predicted molar refractivity (Wildman–Crippen MR) is 105 cm³/mol. The molecule has 26 heavy (non-hydrogen) atoms. The zero-order valence-electron chi connectivity index (χ0n) is 16.4. The van der Waals surface area contributed by atoms with Gasteiger partial charge in [-0.25, -0.2) is 4.98 Å². The van der Waals surface area contributed by atoms with Gasteiger partial charge >= 0.3 is 0 Å². The Balaban J connectivity index is 1.50. The minimum absolute atomic E-state index is 0.290. The minimum atomic E-state index is 0.290. The summed E-state index contributed by atoms with van der Waals surface area (Å²) in [5.74, 6) is 2.72. The van der Waals surface area contributed by atoms with Gasteiger partial charge in [0, 0.05) is 57.6 Å².